The highest BCUT2D eigenvalue weighted by Gasteiger charge is 2.21. The van der Waals surface area contributed by atoms with Crippen LogP contribution < -0.4 is 10.2 Å². The second kappa shape index (κ2) is 7.56. The van der Waals surface area contributed by atoms with Gasteiger partial charge in [0.15, 0.2) is 0 Å². The van der Waals surface area contributed by atoms with E-state index in [2.05, 4.69) is 17.4 Å². The van der Waals surface area contributed by atoms with E-state index in [1.165, 1.54) is 11.6 Å². The summed E-state index contributed by atoms with van der Waals surface area (Å²) in [6, 6.07) is 11.8. The molecule has 0 spiro atoms. The zero-order valence-electron chi connectivity index (χ0n) is 15.5. The van der Waals surface area contributed by atoms with Crippen LogP contribution in [0.2, 0.25) is 0 Å². The van der Waals surface area contributed by atoms with Crippen molar-refractivity contribution in [1.82, 2.24) is 0 Å². The molecular formula is C22H24N2O2. The van der Waals surface area contributed by atoms with Crippen molar-refractivity contribution in [2.24, 2.45) is 0 Å². The van der Waals surface area contributed by atoms with Crippen molar-refractivity contribution < 1.29 is 9.59 Å². The highest BCUT2D eigenvalue weighted by molar-refractivity contribution is 6.03. The van der Waals surface area contributed by atoms with Crippen molar-refractivity contribution in [3.63, 3.8) is 0 Å². The standard InChI is InChI=1S/C22H24N2O2/c1-15-13-16(2)22(17(3)14-15)23-20(25)11-8-18-6-9-19(10-7-18)24-12-4-5-21(24)26/h6-11,13-14H,4-5,12H2,1-3H3,(H,23,25). The molecule has 2 aromatic rings. The molecule has 4 nitrogen and oxygen atoms in total. The summed E-state index contributed by atoms with van der Waals surface area (Å²) in [5.74, 6) is 0.0235. The van der Waals surface area contributed by atoms with E-state index in [0.29, 0.717) is 6.42 Å². The minimum Gasteiger partial charge on any atom is -0.322 e. The lowest BCUT2D eigenvalue weighted by molar-refractivity contribution is -0.117. The second-order valence-electron chi connectivity index (χ2n) is 6.84. The van der Waals surface area contributed by atoms with Gasteiger partial charge in [0.25, 0.3) is 0 Å². The molecule has 1 aliphatic heterocycles. The molecule has 134 valence electrons. The maximum atomic E-state index is 12.2. The van der Waals surface area contributed by atoms with Crippen LogP contribution in [0.25, 0.3) is 6.08 Å². The molecule has 0 aromatic heterocycles. The number of carbonyl (C=O) groups is 2. The number of nitrogens with one attached hydrogen (secondary N) is 1. The van der Waals surface area contributed by atoms with Crippen molar-refractivity contribution in [2.75, 3.05) is 16.8 Å². The van der Waals surface area contributed by atoms with Crippen LogP contribution in [0.15, 0.2) is 42.5 Å². The molecule has 0 unspecified atom stereocenters. The SMILES string of the molecule is Cc1cc(C)c(NC(=O)C=Cc2ccc(N3CCCC3=O)cc2)c(C)c1. The van der Waals surface area contributed by atoms with E-state index in [0.717, 1.165) is 41.0 Å². The number of rotatable bonds is 4. The van der Waals surface area contributed by atoms with Gasteiger partial charge in [-0.3, -0.25) is 9.59 Å². The topological polar surface area (TPSA) is 49.4 Å². The summed E-state index contributed by atoms with van der Waals surface area (Å²) >= 11 is 0. The number of aryl methyl sites for hydroxylation is 3. The number of nitrogens with zero attached hydrogens (tertiary/aromatic N) is 1. The van der Waals surface area contributed by atoms with E-state index >= 15 is 0 Å². The molecule has 0 saturated carbocycles. The van der Waals surface area contributed by atoms with E-state index in [-0.39, 0.29) is 11.8 Å². The minimum absolute atomic E-state index is 0.154. The van der Waals surface area contributed by atoms with Gasteiger partial charge >= 0.3 is 0 Å². The highest BCUT2D eigenvalue weighted by Crippen LogP contribution is 2.23. The number of amides is 2. The van der Waals surface area contributed by atoms with Crippen LogP contribution in [0.1, 0.15) is 35.1 Å². The molecule has 1 fully saturated rings. The minimum atomic E-state index is -0.154. The summed E-state index contributed by atoms with van der Waals surface area (Å²) in [6.07, 6.45) is 4.86. The lowest BCUT2D eigenvalue weighted by Crippen LogP contribution is -2.23. The summed E-state index contributed by atoms with van der Waals surface area (Å²) in [5.41, 5.74) is 6.01. The van der Waals surface area contributed by atoms with E-state index in [4.69, 9.17) is 0 Å². The first kappa shape index (κ1) is 17.9. The molecule has 3 rings (SSSR count). The summed E-state index contributed by atoms with van der Waals surface area (Å²) in [4.78, 5) is 25.8. The highest BCUT2D eigenvalue weighted by atomic mass is 16.2. The molecule has 4 heteroatoms. The van der Waals surface area contributed by atoms with Crippen molar-refractivity contribution in [2.45, 2.75) is 33.6 Å². The van der Waals surface area contributed by atoms with Gasteiger partial charge < -0.3 is 10.2 Å². The molecule has 2 amide bonds. The first-order valence-corrected chi connectivity index (χ1v) is 8.91. The van der Waals surface area contributed by atoms with E-state index < -0.39 is 0 Å². The van der Waals surface area contributed by atoms with Gasteiger partial charge in [-0.15, -0.1) is 0 Å². The lowest BCUT2D eigenvalue weighted by atomic mass is 10.1. The third-order valence-corrected chi connectivity index (χ3v) is 4.63. The Balaban J connectivity index is 1.66. The summed E-state index contributed by atoms with van der Waals surface area (Å²) in [5, 5.41) is 2.96. The Morgan fingerprint density at radius 2 is 1.73 bits per heavy atom. The van der Waals surface area contributed by atoms with E-state index in [9.17, 15) is 9.59 Å². The number of hydrogen-bond donors (Lipinski definition) is 1. The van der Waals surface area contributed by atoms with Crippen LogP contribution in [0.5, 0.6) is 0 Å². The quantitative estimate of drug-likeness (QED) is 0.833. The molecular weight excluding hydrogens is 324 g/mol. The number of carbonyl (C=O) groups excluding carboxylic acids is 2. The zero-order chi connectivity index (χ0) is 18.7. The Morgan fingerprint density at radius 3 is 2.31 bits per heavy atom. The average Bonchev–Trinajstić information content (AvgIpc) is 3.03. The Bertz CT molecular complexity index is 843. The Morgan fingerprint density at radius 1 is 1.08 bits per heavy atom. The number of hydrogen-bond acceptors (Lipinski definition) is 2. The molecule has 26 heavy (non-hydrogen) atoms. The normalized spacial score (nSPS) is 14.3. The van der Waals surface area contributed by atoms with Gasteiger partial charge in [-0.25, -0.2) is 0 Å². The molecule has 1 N–H and O–H groups in total. The molecule has 0 radical (unpaired) electrons. The van der Waals surface area contributed by atoms with Crippen LogP contribution in [0, 0.1) is 20.8 Å². The fraction of sp³-hybridized carbons (Fsp3) is 0.273. The molecule has 1 saturated heterocycles. The van der Waals surface area contributed by atoms with Gasteiger partial charge in [0.2, 0.25) is 11.8 Å². The predicted octanol–water partition coefficient (Wildman–Crippen LogP) is 4.39. The molecule has 0 aliphatic carbocycles. The van der Waals surface area contributed by atoms with Crippen LogP contribution >= 0.6 is 0 Å². The Kier molecular flexibility index (Phi) is 5.21. The van der Waals surface area contributed by atoms with Gasteiger partial charge in [-0.1, -0.05) is 29.8 Å². The molecule has 2 aromatic carbocycles. The van der Waals surface area contributed by atoms with E-state index in [1.807, 2.05) is 49.9 Å². The second-order valence-corrected chi connectivity index (χ2v) is 6.84. The van der Waals surface area contributed by atoms with Crippen molar-refractivity contribution in [1.29, 1.82) is 0 Å². The largest absolute Gasteiger partial charge is 0.322 e. The summed E-state index contributed by atoms with van der Waals surface area (Å²) in [6.45, 7) is 6.83. The van der Waals surface area contributed by atoms with Crippen LogP contribution in [0.4, 0.5) is 11.4 Å². The van der Waals surface area contributed by atoms with Crippen molar-refractivity contribution in [3.8, 4) is 0 Å². The average molecular weight is 348 g/mol. The first-order valence-electron chi connectivity index (χ1n) is 8.91. The third kappa shape index (κ3) is 4.02. The predicted molar refractivity (Wildman–Crippen MR) is 106 cm³/mol. The molecule has 1 heterocycles. The monoisotopic (exact) mass is 348 g/mol. The zero-order valence-corrected chi connectivity index (χ0v) is 15.5. The van der Waals surface area contributed by atoms with E-state index in [1.54, 1.807) is 6.08 Å². The molecule has 0 bridgehead atoms. The number of anilines is 2. The number of benzene rings is 2. The Hall–Kier alpha value is -2.88. The van der Waals surface area contributed by atoms with Gasteiger partial charge in [0.05, 0.1) is 0 Å². The summed E-state index contributed by atoms with van der Waals surface area (Å²) < 4.78 is 0. The van der Waals surface area contributed by atoms with Gasteiger partial charge in [0, 0.05) is 30.4 Å². The Labute approximate surface area is 154 Å². The smallest absolute Gasteiger partial charge is 0.248 e. The van der Waals surface area contributed by atoms with Crippen molar-refractivity contribution in [3.05, 3.63) is 64.7 Å². The van der Waals surface area contributed by atoms with Gasteiger partial charge in [-0.05, 0) is 62.1 Å². The maximum absolute atomic E-state index is 12.2. The fourth-order valence-electron chi connectivity index (χ4n) is 3.40. The van der Waals surface area contributed by atoms with Crippen LogP contribution in [0.3, 0.4) is 0 Å². The molecule has 1 aliphatic rings. The lowest BCUT2D eigenvalue weighted by Gasteiger charge is -2.15. The third-order valence-electron chi connectivity index (χ3n) is 4.63. The first-order chi connectivity index (χ1) is 12.4. The summed E-state index contributed by atoms with van der Waals surface area (Å²) in [7, 11) is 0. The molecule has 0 atom stereocenters. The maximum Gasteiger partial charge on any atom is 0.248 e. The van der Waals surface area contributed by atoms with Crippen LogP contribution in [-0.2, 0) is 9.59 Å². The van der Waals surface area contributed by atoms with Crippen molar-refractivity contribution >= 4 is 29.3 Å². The van der Waals surface area contributed by atoms with Crippen LogP contribution in [-0.4, -0.2) is 18.4 Å². The van der Waals surface area contributed by atoms with Gasteiger partial charge in [-0.2, -0.15) is 0 Å². The fourth-order valence-corrected chi connectivity index (χ4v) is 3.40. The van der Waals surface area contributed by atoms with Gasteiger partial charge in [0.1, 0.15) is 0 Å².